The van der Waals surface area contributed by atoms with Gasteiger partial charge in [-0.3, -0.25) is 14.4 Å². The summed E-state index contributed by atoms with van der Waals surface area (Å²) >= 11 is 0. The molecule has 0 aromatic heterocycles. The van der Waals surface area contributed by atoms with Crippen LogP contribution in [0.2, 0.25) is 0 Å². The van der Waals surface area contributed by atoms with Crippen molar-refractivity contribution >= 4 is 17.7 Å². The molecule has 3 amide bonds. The molecule has 26 heavy (non-hydrogen) atoms. The Morgan fingerprint density at radius 1 is 0.808 bits per heavy atom. The monoisotopic (exact) mass is 363 g/mol. The second-order valence-corrected chi connectivity index (χ2v) is 6.41. The first-order valence-corrected chi connectivity index (χ1v) is 8.79. The number of hydrogen-bond donors (Lipinski definition) is 0. The maximum Gasteiger partial charge on any atom is 0.312 e. The number of amides is 3. The molecule has 8 heteroatoms. The molecule has 0 radical (unpaired) electrons. The normalized spacial score (nSPS) is 17.3. The second-order valence-electron chi connectivity index (χ2n) is 6.41. The smallest absolute Gasteiger partial charge is 0.312 e. The number of carbonyl (C=O) groups excluding carboxylic acids is 3. The number of likely N-dealkylation sites (tertiary alicyclic amines) is 1. The fourth-order valence-electron chi connectivity index (χ4n) is 3.12. The summed E-state index contributed by atoms with van der Waals surface area (Å²) in [7, 11) is 0. The van der Waals surface area contributed by atoms with E-state index in [1.54, 1.807) is 9.80 Å². The highest BCUT2D eigenvalue weighted by Gasteiger charge is 2.31. The van der Waals surface area contributed by atoms with Gasteiger partial charge in [0.2, 0.25) is 0 Å². The van der Waals surface area contributed by atoms with E-state index in [4.69, 9.17) is 4.74 Å². The summed E-state index contributed by atoms with van der Waals surface area (Å²) in [5.74, 6) is -1.08. The third-order valence-corrected chi connectivity index (χ3v) is 4.67. The van der Waals surface area contributed by atoms with Gasteiger partial charge >= 0.3 is 11.8 Å². The van der Waals surface area contributed by atoms with E-state index in [9.17, 15) is 18.8 Å². The molecule has 2 heterocycles. The molecular formula is C18H22FN3O4. The van der Waals surface area contributed by atoms with Crippen LogP contribution in [0.5, 0.6) is 5.75 Å². The van der Waals surface area contributed by atoms with E-state index in [1.807, 2.05) is 0 Å². The van der Waals surface area contributed by atoms with Crippen LogP contribution < -0.4 is 4.74 Å². The summed E-state index contributed by atoms with van der Waals surface area (Å²) in [5.41, 5.74) is 0. The average Bonchev–Trinajstić information content (AvgIpc) is 3.21. The summed E-state index contributed by atoms with van der Waals surface area (Å²) in [6.07, 6.45) is 1.88. The highest BCUT2D eigenvalue weighted by atomic mass is 19.1. The van der Waals surface area contributed by atoms with Crippen molar-refractivity contribution in [2.75, 3.05) is 45.9 Å². The number of nitrogens with zero attached hydrogens (tertiary/aromatic N) is 3. The fraction of sp³-hybridized carbons (Fsp3) is 0.500. The summed E-state index contributed by atoms with van der Waals surface area (Å²) in [4.78, 5) is 41.3. The minimum atomic E-state index is -0.485. The molecule has 0 aliphatic carbocycles. The average molecular weight is 363 g/mol. The molecule has 3 rings (SSSR count). The third-order valence-electron chi connectivity index (χ3n) is 4.67. The Bertz CT molecular complexity index is 666. The Hall–Kier alpha value is -2.64. The highest BCUT2D eigenvalue weighted by molar-refractivity contribution is 6.35. The van der Waals surface area contributed by atoms with E-state index in [-0.39, 0.29) is 18.3 Å². The van der Waals surface area contributed by atoms with Crippen molar-refractivity contribution in [3.63, 3.8) is 0 Å². The number of benzene rings is 1. The van der Waals surface area contributed by atoms with Crippen LogP contribution in [0.25, 0.3) is 0 Å². The van der Waals surface area contributed by atoms with Crippen LogP contribution in [0.1, 0.15) is 12.8 Å². The number of carbonyl (C=O) groups is 3. The second kappa shape index (κ2) is 8.16. The van der Waals surface area contributed by atoms with Gasteiger partial charge in [-0.2, -0.15) is 0 Å². The lowest BCUT2D eigenvalue weighted by Gasteiger charge is -2.34. The van der Waals surface area contributed by atoms with Gasteiger partial charge in [-0.25, -0.2) is 4.39 Å². The van der Waals surface area contributed by atoms with Crippen molar-refractivity contribution in [1.82, 2.24) is 14.7 Å². The van der Waals surface area contributed by atoms with Gasteiger partial charge in [0.15, 0.2) is 6.61 Å². The summed E-state index contributed by atoms with van der Waals surface area (Å²) in [5, 5.41) is 0. The van der Waals surface area contributed by atoms with E-state index >= 15 is 0 Å². The van der Waals surface area contributed by atoms with Crippen molar-refractivity contribution in [1.29, 1.82) is 0 Å². The standard InChI is InChI=1S/C18H22FN3O4/c19-14-3-5-15(6-4-14)26-13-16(23)20-9-11-22(12-10-20)18(25)17(24)21-7-1-2-8-21/h3-6H,1-2,7-13H2. The van der Waals surface area contributed by atoms with Gasteiger partial charge in [-0.05, 0) is 37.1 Å². The molecule has 0 spiro atoms. The van der Waals surface area contributed by atoms with Crippen molar-refractivity contribution in [3.05, 3.63) is 30.1 Å². The minimum Gasteiger partial charge on any atom is -0.484 e. The number of hydrogen-bond acceptors (Lipinski definition) is 4. The van der Waals surface area contributed by atoms with E-state index in [2.05, 4.69) is 0 Å². The molecule has 1 aromatic carbocycles. The van der Waals surface area contributed by atoms with Crippen LogP contribution >= 0.6 is 0 Å². The first-order chi connectivity index (χ1) is 12.5. The summed E-state index contributed by atoms with van der Waals surface area (Å²) < 4.78 is 18.2. The van der Waals surface area contributed by atoms with E-state index in [0.717, 1.165) is 12.8 Å². The van der Waals surface area contributed by atoms with Crippen LogP contribution in [0.15, 0.2) is 24.3 Å². The van der Waals surface area contributed by atoms with Crippen molar-refractivity contribution in [2.45, 2.75) is 12.8 Å². The van der Waals surface area contributed by atoms with Crippen LogP contribution in [-0.4, -0.2) is 78.3 Å². The van der Waals surface area contributed by atoms with Gasteiger partial charge in [0.25, 0.3) is 5.91 Å². The van der Waals surface area contributed by atoms with Crippen LogP contribution in [-0.2, 0) is 14.4 Å². The molecule has 0 saturated carbocycles. The SMILES string of the molecule is O=C(COc1ccc(F)cc1)N1CCN(C(=O)C(=O)N2CCCC2)CC1. The number of halogens is 1. The van der Waals surface area contributed by atoms with Crippen LogP contribution in [0, 0.1) is 5.82 Å². The Labute approximate surface area is 151 Å². The zero-order valence-corrected chi connectivity index (χ0v) is 14.5. The van der Waals surface area contributed by atoms with Crippen molar-refractivity contribution in [2.24, 2.45) is 0 Å². The number of ether oxygens (including phenoxy) is 1. The van der Waals surface area contributed by atoms with Crippen LogP contribution in [0.4, 0.5) is 4.39 Å². The molecular weight excluding hydrogens is 341 g/mol. The van der Waals surface area contributed by atoms with Crippen molar-refractivity contribution < 1.29 is 23.5 Å². The Morgan fingerprint density at radius 3 is 1.88 bits per heavy atom. The van der Waals surface area contributed by atoms with E-state index in [1.165, 1.54) is 29.2 Å². The van der Waals surface area contributed by atoms with Gasteiger partial charge in [0.05, 0.1) is 0 Å². The highest BCUT2D eigenvalue weighted by Crippen LogP contribution is 2.13. The predicted octanol–water partition coefficient (Wildman–Crippen LogP) is 0.498. The molecule has 0 N–H and O–H groups in total. The molecule has 2 fully saturated rings. The molecule has 7 nitrogen and oxygen atoms in total. The molecule has 2 aliphatic heterocycles. The maximum atomic E-state index is 12.8. The van der Waals surface area contributed by atoms with Crippen molar-refractivity contribution in [3.8, 4) is 5.75 Å². The quantitative estimate of drug-likeness (QED) is 0.734. The molecule has 0 atom stereocenters. The molecule has 0 bridgehead atoms. The summed E-state index contributed by atoms with van der Waals surface area (Å²) in [6, 6.07) is 5.45. The first kappa shape index (κ1) is 18.2. The first-order valence-electron chi connectivity index (χ1n) is 8.79. The van der Waals surface area contributed by atoms with E-state index in [0.29, 0.717) is 45.0 Å². The predicted molar refractivity (Wildman–Crippen MR) is 90.9 cm³/mol. The lowest BCUT2D eigenvalue weighted by molar-refractivity contribution is -0.153. The topological polar surface area (TPSA) is 70.2 Å². The van der Waals surface area contributed by atoms with Crippen LogP contribution in [0.3, 0.4) is 0 Å². The zero-order chi connectivity index (χ0) is 18.5. The molecule has 0 unspecified atom stereocenters. The summed E-state index contributed by atoms with van der Waals surface area (Å²) in [6.45, 7) is 2.54. The molecule has 2 saturated heterocycles. The van der Waals surface area contributed by atoms with Gasteiger partial charge in [0.1, 0.15) is 11.6 Å². The number of piperazine rings is 1. The molecule has 2 aliphatic rings. The lowest BCUT2D eigenvalue weighted by Crippen LogP contribution is -2.54. The largest absolute Gasteiger partial charge is 0.484 e. The zero-order valence-electron chi connectivity index (χ0n) is 14.5. The fourth-order valence-corrected chi connectivity index (χ4v) is 3.12. The molecule has 140 valence electrons. The maximum absolute atomic E-state index is 12.8. The van der Waals surface area contributed by atoms with Gasteiger partial charge in [-0.1, -0.05) is 0 Å². The van der Waals surface area contributed by atoms with Gasteiger partial charge in [-0.15, -0.1) is 0 Å². The van der Waals surface area contributed by atoms with E-state index < -0.39 is 11.8 Å². The number of rotatable bonds is 3. The van der Waals surface area contributed by atoms with Gasteiger partial charge < -0.3 is 19.4 Å². The van der Waals surface area contributed by atoms with Gasteiger partial charge in [0, 0.05) is 39.3 Å². The Balaban J connectivity index is 1.43. The molecule has 1 aromatic rings. The Morgan fingerprint density at radius 2 is 1.31 bits per heavy atom. The Kier molecular flexibility index (Phi) is 5.70. The minimum absolute atomic E-state index is 0.147. The third kappa shape index (κ3) is 4.30. The lowest BCUT2D eigenvalue weighted by atomic mass is 10.3.